The number of carbonyl (C=O) groups is 1. The Morgan fingerprint density at radius 3 is 1.76 bits per heavy atom. The van der Waals surface area contributed by atoms with Gasteiger partial charge in [-0.05, 0) is 34.4 Å². The summed E-state index contributed by atoms with van der Waals surface area (Å²) in [6, 6.07) is 37.8. The molecule has 4 aromatic carbocycles. The van der Waals surface area contributed by atoms with Crippen molar-refractivity contribution in [1.29, 1.82) is 0 Å². The lowest BCUT2D eigenvalue weighted by atomic mass is 9.96. The van der Waals surface area contributed by atoms with Gasteiger partial charge >= 0.3 is 6.03 Å². The highest BCUT2D eigenvalue weighted by Crippen LogP contribution is 2.30. The molecule has 4 heteroatoms. The van der Waals surface area contributed by atoms with Crippen LogP contribution in [-0.2, 0) is 13.1 Å². The topological polar surface area (TPSA) is 41.6 Å². The molecule has 4 nitrogen and oxygen atoms in total. The lowest BCUT2D eigenvalue weighted by Gasteiger charge is -2.33. The van der Waals surface area contributed by atoms with Crippen LogP contribution in [0.3, 0.4) is 0 Å². The molecule has 166 valence electrons. The third-order valence-electron chi connectivity index (χ3n) is 5.60. The fraction of sp³-hybridized carbons (Fsp3) is 0.138. The van der Waals surface area contributed by atoms with Gasteiger partial charge in [0.05, 0.1) is 13.2 Å². The van der Waals surface area contributed by atoms with Crippen LogP contribution >= 0.6 is 0 Å². The van der Waals surface area contributed by atoms with Gasteiger partial charge in [-0.1, -0.05) is 103 Å². The largest absolute Gasteiger partial charge is 0.497 e. The first kappa shape index (κ1) is 22.2. The van der Waals surface area contributed by atoms with Crippen LogP contribution in [-0.4, -0.2) is 18.0 Å². The Hall–Kier alpha value is -4.05. The molecule has 0 bridgehead atoms. The van der Waals surface area contributed by atoms with Crippen molar-refractivity contribution in [2.75, 3.05) is 7.11 Å². The Kier molecular flexibility index (Phi) is 7.39. The van der Waals surface area contributed by atoms with Gasteiger partial charge in [-0.2, -0.15) is 0 Å². The highest BCUT2D eigenvalue weighted by atomic mass is 16.5. The number of methoxy groups -OCH3 is 1. The summed E-state index contributed by atoms with van der Waals surface area (Å²) in [6.07, 6.45) is 0. The number of urea groups is 1. The molecule has 0 radical (unpaired) electrons. The number of hydrogen-bond donors (Lipinski definition) is 1. The maximum Gasteiger partial charge on any atom is 0.318 e. The van der Waals surface area contributed by atoms with E-state index in [2.05, 4.69) is 29.6 Å². The molecular weight excluding hydrogens is 408 g/mol. The summed E-state index contributed by atoms with van der Waals surface area (Å²) in [6.45, 7) is 0.925. The molecule has 0 aliphatic rings. The average Bonchev–Trinajstić information content (AvgIpc) is 2.89. The molecule has 4 rings (SSSR count). The summed E-state index contributed by atoms with van der Waals surface area (Å²) < 4.78 is 5.30. The van der Waals surface area contributed by atoms with Crippen LogP contribution in [0.25, 0.3) is 0 Å². The molecule has 0 fully saturated rings. The van der Waals surface area contributed by atoms with Crippen molar-refractivity contribution in [3.63, 3.8) is 0 Å². The summed E-state index contributed by atoms with van der Waals surface area (Å²) in [5.74, 6) is 0.793. The highest BCUT2D eigenvalue weighted by Gasteiger charge is 2.27. The number of nitrogens with zero attached hydrogens (tertiary/aromatic N) is 1. The number of benzene rings is 4. The van der Waals surface area contributed by atoms with Crippen LogP contribution in [0.5, 0.6) is 5.75 Å². The zero-order chi connectivity index (χ0) is 22.9. The Bertz CT molecular complexity index is 1090. The molecular formula is C29H28N2O2. The summed E-state index contributed by atoms with van der Waals surface area (Å²) in [5, 5.41) is 3.12. The standard InChI is InChI=1S/C29H28N2O2/c1-33-27-19-17-24(18-20-27)22-31(29(32)30-21-23-11-5-2-6-12-23)28(25-13-7-3-8-14-25)26-15-9-4-10-16-26/h2-20,28H,21-22H2,1H3,(H,30,32). The van der Waals surface area contributed by atoms with E-state index in [4.69, 9.17) is 4.74 Å². The van der Waals surface area contributed by atoms with Gasteiger partial charge < -0.3 is 15.0 Å². The van der Waals surface area contributed by atoms with Crippen LogP contribution in [0, 0.1) is 0 Å². The minimum atomic E-state index is -0.231. The van der Waals surface area contributed by atoms with Crippen LogP contribution in [0.1, 0.15) is 28.3 Å². The maximum atomic E-state index is 13.6. The third-order valence-corrected chi connectivity index (χ3v) is 5.60. The molecule has 0 spiro atoms. The van der Waals surface area contributed by atoms with Crippen molar-refractivity contribution in [2.24, 2.45) is 0 Å². The summed E-state index contributed by atoms with van der Waals surface area (Å²) >= 11 is 0. The molecule has 0 saturated heterocycles. The van der Waals surface area contributed by atoms with Crippen molar-refractivity contribution in [3.05, 3.63) is 138 Å². The fourth-order valence-corrected chi connectivity index (χ4v) is 3.91. The molecule has 0 aliphatic heterocycles. The Morgan fingerprint density at radius 2 is 1.24 bits per heavy atom. The number of nitrogens with one attached hydrogen (secondary N) is 1. The van der Waals surface area contributed by atoms with E-state index in [1.165, 1.54) is 0 Å². The van der Waals surface area contributed by atoms with E-state index in [0.717, 1.165) is 28.0 Å². The van der Waals surface area contributed by atoms with Gasteiger partial charge in [0.2, 0.25) is 0 Å². The molecule has 0 atom stereocenters. The first-order valence-electron chi connectivity index (χ1n) is 11.1. The van der Waals surface area contributed by atoms with Gasteiger partial charge in [-0.15, -0.1) is 0 Å². The molecule has 0 aliphatic carbocycles. The van der Waals surface area contributed by atoms with Crippen LogP contribution in [0.4, 0.5) is 4.79 Å². The van der Waals surface area contributed by atoms with Crippen molar-refractivity contribution < 1.29 is 9.53 Å². The number of hydrogen-bond acceptors (Lipinski definition) is 2. The normalized spacial score (nSPS) is 10.6. The van der Waals surface area contributed by atoms with E-state index in [9.17, 15) is 4.79 Å². The minimum Gasteiger partial charge on any atom is -0.497 e. The number of amides is 2. The summed E-state index contributed by atoms with van der Waals surface area (Å²) in [4.78, 5) is 15.5. The predicted molar refractivity (Wildman–Crippen MR) is 132 cm³/mol. The molecule has 2 amide bonds. The highest BCUT2D eigenvalue weighted by molar-refractivity contribution is 5.75. The van der Waals surface area contributed by atoms with E-state index in [-0.39, 0.29) is 12.1 Å². The van der Waals surface area contributed by atoms with E-state index in [1.54, 1.807) is 7.11 Å². The van der Waals surface area contributed by atoms with Gasteiger partial charge in [0.25, 0.3) is 0 Å². The first-order chi connectivity index (χ1) is 16.2. The van der Waals surface area contributed by atoms with Crippen molar-refractivity contribution >= 4 is 6.03 Å². The molecule has 0 heterocycles. The SMILES string of the molecule is COc1ccc(CN(C(=O)NCc2ccccc2)C(c2ccccc2)c2ccccc2)cc1. The zero-order valence-electron chi connectivity index (χ0n) is 18.7. The fourth-order valence-electron chi connectivity index (χ4n) is 3.91. The van der Waals surface area contributed by atoms with Crippen LogP contribution in [0.2, 0.25) is 0 Å². The van der Waals surface area contributed by atoms with Crippen molar-refractivity contribution in [1.82, 2.24) is 10.2 Å². The van der Waals surface area contributed by atoms with Gasteiger partial charge in [0, 0.05) is 13.1 Å². The first-order valence-corrected chi connectivity index (χ1v) is 11.1. The molecule has 0 saturated carbocycles. The second kappa shape index (κ2) is 11.0. The molecule has 0 aromatic heterocycles. The molecule has 33 heavy (non-hydrogen) atoms. The smallest absolute Gasteiger partial charge is 0.318 e. The minimum absolute atomic E-state index is 0.118. The molecule has 0 unspecified atom stereocenters. The second-order valence-corrected chi connectivity index (χ2v) is 7.84. The number of carbonyl (C=O) groups excluding carboxylic acids is 1. The van der Waals surface area contributed by atoms with Gasteiger partial charge in [-0.3, -0.25) is 0 Å². The zero-order valence-corrected chi connectivity index (χ0v) is 18.7. The monoisotopic (exact) mass is 436 g/mol. The average molecular weight is 437 g/mol. The maximum absolute atomic E-state index is 13.6. The van der Waals surface area contributed by atoms with Crippen LogP contribution < -0.4 is 10.1 Å². The predicted octanol–water partition coefficient (Wildman–Crippen LogP) is 6.20. The van der Waals surface area contributed by atoms with E-state index < -0.39 is 0 Å². The molecule has 4 aromatic rings. The second-order valence-electron chi connectivity index (χ2n) is 7.84. The van der Waals surface area contributed by atoms with Gasteiger partial charge in [0.1, 0.15) is 5.75 Å². The Morgan fingerprint density at radius 1 is 0.727 bits per heavy atom. The number of ether oxygens (including phenoxy) is 1. The quantitative estimate of drug-likeness (QED) is 0.357. The lowest BCUT2D eigenvalue weighted by Crippen LogP contribution is -2.42. The van der Waals surface area contributed by atoms with Crippen molar-refractivity contribution in [3.8, 4) is 5.75 Å². The van der Waals surface area contributed by atoms with Crippen LogP contribution in [0.15, 0.2) is 115 Å². The summed E-state index contributed by atoms with van der Waals surface area (Å²) in [7, 11) is 1.65. The van der Waals surface area contributed by atoms with E-state index >= 15 is 0 Å². The summed E-state index contributed by atoms with van der Waals surface area (Å²) in [5.41, 5.74) is 4.22. The molecule has 1 N–H and O–H groups in total. The van der Waals surface area contributed by atoms with E-state index in [1.807, 2.05) is 95.9 Å². The van der Waals surface area contributed by atoms with Gasteiger partial charge in [-0.25, -0.2) is 4.79 Å². The Balaban J connectivity index is 1.68. The Labute approximate surface area is 195 Å². The van der Waals surface area contributed by atoms with E-state index in [0.29, 0.717) is 13.1 Å². The number of rotatable bonds is 8. The van der Waals surface area contributed by atoms with Crippen molar-refractivity contribution in [2.45, 2.75) is 19.1 Å². The van der Waals surface area contributed by atoms with Gasteiger partial charge in [0.15, 0.2) is 0 Å². The third kappa shape index (κ3) is 5.80. The lowest BCUT2D eigenvalue weighted by molar-refractivity contribution is 0.180.